The summed E-state index contributed by atoms with van der Waals surface area (Å²) in [6, 6.07) is 17.6. The van der Waals surface area contributed by atoms with E-state index in [1.54, 1.807) is 54.6 Å². The molecule has 0 unspecified atom stereocenters. The lowest BCUT2D eigenvalue weighted by atomic mass is 9.95. The van der Waals surface area contributed by atoms with Crippen molar-refractivity contribution in [1.29, 1.82) is 0 Å². The van der Waals surface area contributed by atoms with Crippen LogP contribution in [-0.4, -0.2) is 16.9 Å². The van der Waals surface area contributed by atoms with Crippen molar-refractivity contribution in [2.24, 2.45) is 0 Å². The third kappa shape index (κ3) is 3.20. The fourth-order valence-electron chi connectivity index (χ4n) is 2.83. The number of nitrogens with zero attached hydrogens (tertiary/aromatic N) is 1. The molecule has 0 aliphatic carbocycles. The van der Waals surface area contributed by atoms with Gasteiger partial charge < -0.3 is 9.47 Å². The number of esters is 2. The van der Waals surface area contributed by atoms with Gasteiger partial charge in [-0.25, -0.2) is 9.59 Å². The number of rotatable bonds is 2. The summed E-state index contributed by atoms with van der Waals surface area (Å²) in [4.78, 5) is 27.5. The third-order valence-corrected chi connectivity index (χ3v) is 3.96. The Morgan fingerprint density at radius 3 is 1.81 bits per heavy atom. The second-order valence-corrected chi connectivity index (χ2v) is 5.69. The zero-order valence-electron chi connectivity index (χ0n) is 13.9. The number of hydrogen-bond acceptors (Lipinski definition) is 5. The monoisotopic (exact) mass is 361 g/mol. The van der Waals surface area contributed by atoms with Crippen molar-refractivity contribution in [2.75, 3.05) is 0 Å². The summed E-state index contributed by atoms with van der Waals surface area (Å²) in [6.45, 7) is 0. The summed E-state index contributed by atoms with van der Waals surface area (Å²) in [5.74, 6) is -2.96. The van der Waals surface area contributed by atoms with Gasteiger partial charge in [0.2, 0.25) is 11.7 Å². The normalized spacial score (nSPS) is 14.4. The van der Waals surface area contributed by atoms with Crippen molar-refractivity contribution >= 4 is 11.9 Å². The van der Waals surface area contributed by atoms with Crippen molar-refractivity contribution in [3.05, 3.63) is 78.8 Å². The first kappa shape index (κ1) is 16.7. The molecule has 0 amide bonds. The van der Waals surface area contributed by atoms with Crippen LogP contribution in [0.25, 0.3) is 22.3 Å². The maximum absolute atomic E-state index is 15.0. The van der Waals surface area contributed by atoms with Crippen LogP contribution in [0, 0.1) is 5.95 Å². The minimum absolute atomic E-state index is 0.107. The van der Waals surface area contributed by atoms with E-state index in [1.807, 2.05) is 6.07 Å². The maximum atomic E-state index is 15.0. The van der Waals surface area contributed by atoms with Gasteiger partial charge in [-0.1, -0.05) is 60.7 Å². The Kier molecular flexibility index (Phi) is 4.22. The average Bonchev–Trinajstić information content (AvgIpc) is 2.68. The second-order valence-electron chi connectivity index (χ2n) is 5.69. The predicted octanol–water partition coefficient (Wildman–Crippen LogP) is 3.94. The summed E-state index contributed by atoms with van der Waals surface area (Å²) < 4.78 is 25.4. The molecule has 0 radical (unpaired) electrons. The SMILES string of the molecule is O=C1/C=C/C(=O)Oc2c(nc(F)c(-c3ccccc3)c2-c2ccccc2)O1. The van der Waals surface area contributed by atoms with Crippen molar-refractivity contribution < 1.29 is 23.5 Å². The van der Waals surface area contributed by atoms with Gasteiger partial charge in [0.05, 0.1) is 0 Å². The second kappa shape index (κ2) is 6.84. The molecule has 2 aromatic carbocycles. The summed E-state index contributed by atoms with van der Waals surface area (Å²) >= 11 is 0. The first-order chi connectivity index (χ1) is 13.1. The van der Waals surface area contributed by atoms with Crippen LogP contribution in [0.4, 0.5) is 4.39 Å². The highest BCUT2D eigenvalue weighted by atomic mass is 19.1. The largest absolute Gasteiger partial charge is 0.417 e. The van der Waals surface area contributed by atoms with Gasteiger partial charge in [-0.3, -0.25) is 0 Å². The molecule has 0 saturated carbocycles. The molecule has 1 aliphatic heterocycles. The van der Waals surface area contributed by atoms with Crippen LogP contribution < -0.4 is 9.47 Å². The van der Waals surface area contributed by atoms with Crippen molar-refractivity contribution in [2.45, 2.75) is 0 Å². The van der Waals surface area contributed by atoms with Gasteiger partial charge in [0.15, 0.2) is 0 Å². The molecule has 0 spiro atoms. The van der Waals surface area contributed by atoms with Gasteiger partial charge in [-0.05, 0) is 11.1 Å². The van der Waals surface area contributed by atoms with Crippen molar-refractivity contribution in [3.8, 4) is 33.9 Å². The van der Waals surface area contributed by atoms with Crippen LogP contribution in [0.3, 0.4) is 0 Å². The first-order valence-electron chi connectivity index (χ1n) is 8.09. The molecule has 1 aliphatic rings. The van der Waals surface area contributed by atoms with Crippen LogP contribution in [0.2, 0.25) is 0 Å². The Morgan fingerprint density at radius 2 is 1.22 bits per heavy atom. The number of pyridine rings is 1. The minimum atomic E-state index is -0.841. The number of fused-ring (bicyclic) bond motifs is 1. The number of hydrogen-bond donors (Lipinski definition) is 0. The molecule has 0 bridgehead atoms. The fourth-order valence-corrected chi connectivity index (χ4v) is 2.83. The molecule has 6 heteroatoms. The van der Waals surface area contributed by atoms with Crippen LogP contribution in [0.5, 0.6) is 11.6 Å². The van der Waals surface area contributed by atoms with E-state index in [2.05, 4.69) is 4.98 Å². The van der Waals surface area contributed by atoms with E-state index < -0.39 is 23.8 Å². The van der Waals surface area contributed by atoms with Gasteiger partial charge in [0.1, 0.15) is 0 Å². The zero-order chi connectivity index (χ0) is 18.8. The molecule has 4 rings (SSSR count). The van der Waals surface area contributed by atoms with Gasteiger partial charge in [-0.2, -0.15) is 9.37 Å². The van der Waals surface area contributed by atoms with Gasteiger partial charge in [-0.15, -0.1) is 0 Å². The van der Waals surface area contributed by atoms with Crippen molar-refractivity contribution in [3.63, 3.8) is 0 Å². The highest BCUT2D eigenvalue weighted by Crippen LogP contribution is 2.45. The van der Waals surface area contributed by atoms with E-state index in [0.29, 0.717) is 11.1 Å². The van der Waals surface area contributed by atoms with E-state index in [1.165, 1.54) is 0 Å². The van der Waals surface area contributed by atoms with Crippen LogP contribution in [-0.2, 0) is 9.59 Å². The van der Waals surface area contributed by atoms with Gasteiger partial charge >= 0.3 is 11.9 Å². The van der Waals surface area contributed by atoms with E-state index in [0.717, 1.165) is 12.2 Å². The van der Waals surface area contributed by atoms with Crippen LogP contribution >= 0.6 is 0 Å². The zero-order valence-corrected chi connectivity index (χ0v) is 13.9. The first-order valence-corrected chi connectivity index (χ1v) is 8.09. The molecule has 1 aromatic heterocycles. The Morgan fingerprint density at radius 1 is 0.704 bits per heavy atom. The number of halogens is 1. The van der Waals surface area contributed by atoms with E-state index in [4.69, 9.17) is 9.47 Å². The number of benzene rings is 2. The Balaban J connectivity index is 2.07. The minimum Gasteiger partial charge on any atom is -0.417 e. The predicted molar refractivity (Wildman–Crippen MR) is 95.5 cm³/mol. The molecular weight excluding hydrogens is 349 g/mol. The highest BCUT2D eigenvalue weighted by Gasteiger charge is 2.28. The van der Waals surface area contributed by atoms with Crippen molar-refractivity contribution in [1.82, 2.24) is 4.98 Å². The quantitative estimate of drug-likeness (QED) is 0.511. The molecule has 0 fully saturated rings. The summed E-state index contributed by atoms with van der Waals surface area (Å²) in [5, 5.41) is 0. The lowest BCUT2D eigenvalue weighted by molar-refractivity contribution is -0.133. The fraction of sp³-hybridized carbons (Fsp3) is 0. The molecular formula is C21H12FNO4. The molecule has 0 saturated heterocycles. The number of carbonyl (C=O) groups is 2. The smallest absolute Gasteiger partial charge is 0.337 e. The molecule has 132 valence electrons. The standard InChI is InChI=1S/C21H12FNO4/c22-20-18(14-9-5-2-6-10-14)17(13-7-3-1-4-8-13)19-21(23-20)27-16(25)12-11-15(24)26-19/h1-12H/b12-11+. The van der Waals surface area contributed by atoms with E-state index >= 15 is 4.39 Å². The van der Waals surface area contributed by atoms with Crippen LogP contribution in [0.15, 0.2) is 72.8 Å². The van der Waals surface area contributed by atoms with E-state index in [9.17, 15) is 9.59 Å². The number of carbonyl (C=O) groups excluding carboxylic acids is 2. The lowest BCUT2D eigenvalue weighted by Gasteiger charge is -2.18. The topological polar surface area (TPSA) is 65.5 Å². The Hall–Kier alpha value is -3.80. The molecule has 0 N–H and O–H groups in total. The number of ether oxygens (including phenoxy) is 2. The molecule has 0 atom stereocenters. The van der Waals surface area contributed by atoms with E-state index in [-0.39, 0.29) is 16.9 Å². The summed E-state index contributed by atoms with van der Waals surface area (Å²) in [6.07, 6.45) is 1.85. The number of aromatic nitrogens is 1. The van der Waals surface area contributed by atoms with Gasteiger partial charge in [0, 0.05) is 23.3 Å². The molecule has 2 heterocycles. The third-order valence-electron chi connectivity index (χ3n) is 3.96. The van der Waals surface area contributed by atoms with Crippen LogP contribution in [0.1, 0.15) is 0 Å². The summed E-state index contributed by atoms with van der Waals surface area (Å²) in [7, 11) is 0. The molecule has 5 nitrogen and oxygen atoms in total. The Labute approximate surface area is 153 Å². The summed E-state index contributed by atoms with van der Waals surface area (Å²) in [5.41, 5.74) is 1.56. The average molecular weight is 361 g/mol. The Bertz CT molecular complexity index is 1060. The molecule has 27 heavy (non-hydrogen) atoms. The van der Waals surface area contributed by atoms with Gasteiger partial charge in [0.25, 0.3) is 5.88 Å². The maximum Gasteiger partial charge on any atom is 0.337 e. The lowest BCUT2D eigenvalue weighted by Crippen LogP contribution is -2.16. The highest BCUT2D eigenvalue weighted by molar-refractivity contribution is 5.98. The molecule has 3 aromatic rings.